The molecule has 3 aromatic rings. The summed E-state index contributed by atoms with van der Waals surface area (Å²) in [6, 6.07) is 23.3. The molecule has 3 N–H and O–H groups in total. The topological polar surface area (TPSA) is 107 Å². The molecule has 0 fully saturated rings. The van der Waals surface area contributed by atoms with E-state index >= 15 is 0 Å². The number of carboxylic acids is 1. The van der Waals surface area contributed by atoms with Gasteiger partial charge in [-0.25, -0.2) is 8.42 Å². The summed E-state index contributed by atoms with van der Waals surface area (Å²) in [5, 5.41) is 23.1. The lowest BCUT2D eigenvalue weighted by Crippen LogP contribution is -2.46. The highest BCUT2D eigenvalue weighted by Crippen LogP contribution is 2.28. The SMILES string of the molecule is CCc1cc(-c2cccc(CCC(=O)O)c2)ccc1S(=O)(=O)N(C)C[C@H](O)CNC(C)(C)CCCc1ccccc1. The molecule has 0 saturated carbocycles. The Kier molecular flexibility index (Phi) is 11.7. The van der Waals surface area contributed by atoms with Gasteiger partial charge in [0.25, 0.3) is 0 Å². The zero-order valence-corrected chi connectivity index (χ0v) is 25.5. The Morgan fingerprint density at radius 3 is 2.32 bits per heavy atom. The number of sulfonamides is 1. The van der Waals surface area contributed by atoms with Crippen molar-refractivity contribution in [2.45, 2.75) is 75.8 Å². The van der Waals surface area contributed by atoms with Crippen LogP contribution in [0.15, 0.2) is 77.7 Å². The summed E-state index contributed by atoms with van der Waals surface area (Å²) in [6.45, 7) is 6.38. The molecule has 0 aliphatic heterocycles. The first-order valence-electron chi connectivity index (χ1n) is 14.3. The molecule has 0 radical (unpaired) electrons. The number of benzene rings is 3. The Balaban J connectivity index is 1.61. The van der Waals surface area contributed by atoms with Gasteiger partial charge < -0.3 is 15.5 Å². The lowest BCUT2D eigenvalue weighted by Gasteiger charge is -2.29. The van der Waals surface area contributed by atoms with E-state index in [1.165, 1.54) is 16.9 Å². The van der Waals surface area contributed by atoms with E-state index in [4.69, 9.17) is 5.11 Å². The van der Waals surface area contributed by atoms with Crippen molar-refractivity contribution in [1.82, 2.24) is 9.62 Å². The number of hydrogen-bond acceptors (Lipinski definition) is 5. The van der Waals surface area contributed by atoms with Crippen LogP contribution in [0.5, 0.6) is 0 Å². The van der Waals surface area contributed by atoms with Crippen molar-refractivity contribution >= 4 is 16.0 Å². The number of likely N-dealkylation sites (N-methyl/N-ethyl adjacent to an activating group) is 1. The molecule has 0 heterocycles. The van der Waals surface area contributed by atoms with Crippen LogP contribution in [-0.4, -0.2) is 60.7 Å². The number of aliphatic hydroxyl groups is 1. The third-order valence-corrected chi connectivity index (χ3v) is 9.34. The van der Waals surface area contributed by atoms with Crippen LogP contribution in [0.2, 0.25) is 0 Å². The maximum Gasteiger partial charge on any atom is 0.303 e. The van der Waals surface area contributed by atoms with Crippen molar-refractivity contribution in [1.29, 1.82) is 0 Å². The largest absolute Gasteiger partial charge is 0.481 e. The Hall–Kier alpha value is -3.04. The van der Waals surface area contributed by atoms with Gasteiger partial charge in [0.05, 0.1) is 11.0 Å². The molecule has 7 nitrogen and oxygen atoms in total. The normalized spacial score (nSPS) is 12.9. The van der Waals surface area contributed by atoms with Gasteiger partial charge in [-0.2, -0.15) is 4.31 Å². The average Bonchev–Trinajstić information content (AvgIpc) is 2.95. The molecule has 3 aromatic carbocycles. The highest BCUT2D eigenvalue weighted by Gasteiger charge is 2.27. The van der Waals surface area contributed by atoms with Crippen LogP contribution >= 0.6 is 0 Å². The van der Waals surface area contributed by atoms with Crippen LogP contribution < -0.4 is 5.32 Å². The van der Waals surface area contributed by atoms with E-state index in [2.05, 4.69) is 31.3 Å². The first-order chi connectivity index (χ1) is 19.4. The van der Waals surface area contributed by atoms with Crippen LogP contribution in [0, 0.1) is 0 Å². The minimum atomic E-state index is -3.82. The lowest BCUT2D eigenvalue weighted by atomic mass is 9.95. The van der Waals surface area contributed by atoms with E-state index in [9.17, 15) is 18.3 Å². The number of β-amino-alcohol motifs (C(OH)–C–C–N with tert-alkyl or cyclic N) is 1. The molecule has 3 rings (SSSR count). The fourth-order valence-electron chi connectivity index (χ4n) is 4.93. The van der Waals surface area contributed by atoms with E-state index in [0.29, 0.717) is 18.4 Å². The number of aryl methyl sites for hydroxylation is 3. The zero-order chi connectivity index (χ0) is 30.0. The van der Waals surface area contributed by atoms with Crippen LogP contribution in [0.4, 0.5) is 0 Å². The summed E-state index contributed by atoms with van der Waals surface area (Å²) in [5.74, 6) is -0.842. The fourth-order valence-corrected chi connectivity index (χ4v) is 6.41. The minimum Gasteiger partial charge on any atom is -0.481 e. The van der Waals surface area contributed by atoms with Gasteiger partial charge in [0.1, 0.15) is 0 Å². The summed E-state index contributed by atoms with van der Waals surface area (Å²) < 4.78 is 28.3. The molecule has 0 amide bonds. The van der Waals surface area contributed by atoms with Crippen molar-refractivity contribution in [3.8, 4) is 11.1 Å². The maximum absolute atomic E-state index is 13.5. The summed E-state index contributed by atoms with van der Waals surface area (Å²) in [4.78, 5) is 11.2. The van der Waals surface area contributed by atoms with E-state index < -0.39 is 22.1 Å². The Labute approximate surface area is 245 Å². The molecule has 41 heavy (non-hydrogen) atoms. The van der Waals surface area contributed by atoms with Gasteiger partial charge in [-0.3, -0.25) is 4.79 Å². The smallest absolute Gasteiger partial charge is 0.303 e. The van der Waals surface area contributed by atoms with E-state index in [1.807, 2.05) is 55.5 Å². The van der Waals surface area contributed by atoms with Crippen molar-refractivity contribution in [3.63, 3.8) is 0 Å². The lowest BCUT2D eigenvalue weighted by molar-refractivity contribution is -0.136. The second-order valence-corrected chi connectivity index (χ2v) is 13.3. The summed E-state index contributed by atoms with van der Waals surface area (Å²) in [7, 11) is -2.32. The van der Waals surface area contributed by atoms with Crippen molar-refractivity contribution in [2.75, 3.05) is 20.1 Å². The van der Waals surface area contributed by atoms with Gasteiger partial charge in [0, 0.05) is 32.1 Å². The standard InChI is InChI=1S/C33H44N2O5S/c1-5-27-22-29(28-15-9-13-26(21-28)16-19-32(37)38)17-18-31(27)41(39,40)35(4)24-30(36)23-34-33(2,3)20-10-14-25-11-7-6-8-12-25/h6-9,11-13,15,17-18,21-22,30,34,36H,5,10,14,16,19-20,23-24H2,1-4H3,(H,37,38)/t30-/m1/s1. The number of carboxylic acid groups (broad SMARTS) is 1. The summed E-state index contributed by atoms with van der Waals surface area (Å²) in [6.07, 6.45) is 3.08. The monoisotopic (exact) mass is 580 g/mol. The molecule has 8 heteroatoms. The van der Waals surface area contributed by atoms with Gasteiger partial charge in [0.2, 0.25) is 10.0 Å². The Morgan fingerprint density at radius 2 is 1.63 bits per heavy atom. The van der Waals surface area contributed by atoms with Crippen LogP contribution in [-0.2, 0) is 34.1 Å². The molecule has 0 aromatic heterocycles. The second-order valence-electron chi connectivity index (χ2n) is 11.3. The zero-order valence-electron chi connectivity index (χ0n) is 24.6. The first-order valence-corrected chi connectivity index (χ1v) is 15.7. The molecule has 0 spiro atoms. The number of nitrogens with zero attached hydrogens (tertiary/aromatic N) is 1. The van der Waals surface area contributed by atoms with Gasteiger partial charge in [-0.05, 0) is 85.9 Å². The number of aliphatic carboxylic acids is 1. The van der Waals surface area contributed by atoms with Gasteiger partial charge in [-0.15, -0.1) is 0 Å². The third-order valence-electron chi connectivity index (χ3n) is 7.41. The minimum absolute atomic E-state index is 0.0219. The summed E-state index contributed by atoms with van der Waals surface area (Å²) >= 11 is 0. The quantitative estimate of drug-likeness (QED) is 0.212. The van der Waals surface area contributed by atoms with Crippen LogP contribution in [0.25, 0.3) is 11.1 Å². The molecule has 0 aliphatic rings. The predicted molar refractivity (Wildman–Crippen MR) is 164 cm³/mol. The molecule has 0 saturated heterocycles. The predicted octanol–water partition coefficient (Wildman–Crippen LogP) is 5.31. The fraction of sp³-hybridized carbons (Fsp3) is 0.424. The number of rotatable bonds is 16. The molecule has 0 unspecified atom stereocenters. The van der Waals surface area contributed by atoms with Crippen molar-refractivity contribution in [2.24, 2.45) is 0 Å². The Bertz CT molecular complexity index is 1390. The molecule has 0 aliphatic carbocycles. The highest BCUT2D eigenvalue weighted by atomic mass is 32.2. The molecule has 1 atom stereocenters. The van der Waals surface area contributed by atoms with Crippen molar-refractivity contribution in [3.05, 3.63) is 89.5 Å². The number of hydrogen-bond donors (Lipinski definition) is 3. The highest BCUT2D eigenvalue weighted by molar-refractivity contribution is 7.89. The second kappa shape index (κ2) is 14.7. The number of carbonyl (C=O) groups is 1. The molecule has 222 valence electrons. The van der Waals surface area contributed by atoms with E-state index in [1.54, 1.807) is 12.1 Å². The molecular weight excluding hydrogens is 536 g/mol. The maximum atomic E-state index is 13.5. The third kappa shape index (κ3) is 9.78. The van der Waals surface area contributed by atoms with Crippen LogP contribution in [0.3, 0.4) is 0 Å². The number of nitrogens with one attached hydrogen (secondary N) is 1. The molecular formula is C33H44N2O5S. The van der Waals surface area contributed by atoms with Gasteiger partial charge in [0.15, 0.2) is 0 Å². The van der Waals surface area contributed by atoms with E-state index in [0.717, 1.165) is 36.0 Å². The van der Waals surface area contributed by atoms with E-state index in [-0.39, 0.29) is 29.9 Å². The van der Waals surface area contributed by atoms with Crippen LogP contribution in [0.1, 0.15) is 56.7 Å². The Morgan fingerprint density at radius 1 is 0.951 bits per heavy atom. The number of aliphatic hydroxyl groups excluding tert-OH is 1. The summed E-state index contributed by atoms with van der Waals surface area (Å²) in [5.41, 5.74) is 4.51. The van der Waals surface area contributed by atoms with Gasteiger partial charge in [-0.1, -0.05) is 67.6 Å². The van der Waals surface area contributed by atoms with Gasteiger partial charge >= 0.3 is 5.97 Å². The molecule has 0 bridgehead atoms. The van der Waals surface area contributed by atoms with Crippen molar-refractivity contribution < 1.29 is 23.4 Å². The first kappa shape index (κ1) is 32.5. The average molecular weight is 581 g/mol.